The first-order valence-electron chi connectivity index (χ1n) is 6.51. The molecule has 1 fully saturated rings. The predicted octanol–water partition coefficient (Wildman–Crippen LogP) is 3.94. The molecule has 0 spiro atoms. The zero-order chi connectivity index (χ0) is 12.3. The van der Waals surface area contributed by atoms with Crippen molar-refractivity contribution in [1.29, 1.82) is 0 Å². The van der Waals surface area contributed by atoms with E-state index >= 15 is 0 Å². The monoisotopic (exact) mass is 252 g/mol. The highest BCUT2D eigenvalue weighted by Gasteiger charge is 2.17. The zero-order valence-corrected chi connectivity index (χ0v) is 11.2. The van der Waals surface area contributed by atoms with E-state index in [9.17, 15) is 0 Å². The van der Waals surface area contributed by atoms with Gasteiger partial charge in [0.1, 0.15) is 0 Å². The van der Waals surface area contributed by atoms with Crippen LogP contribution in [0.4, 0.5) is 11.4 Å². The van der Waals surface area contributed by atoms with Gasteiger partial charge < -0.3 is 10.6 Å². The minimum atomic E-state index is 0.666. The van der Waals surface area contributed by atoms with Crippen LogP contribution in [0.3, 0.4) is 0 Å². The molecule has 0 bridgehead atoms. The molecule has 2 N–H and O–H groups in total. The second-order valence-corrected chi connectivity index (χ2v) is 5.27. The van der Waals surface area contributed by atoms with Gasteiger partial charge in [-0.2, -0.15) is 0 Å². The molecule has 1 aromatic rings. The van der Waals surface area contributed by atoms with E-state index in [4.69, 9.17) is 17.3 Å². The molecule has 1 saturated heterocycles. The van der Waals surface area contributed by atoms with Crippen molar-refractivity contribution in [3.8, 4) is 0 Å². The van der Waals surface area contributed by atoms with E-state index in [0.717, 1.165) is 30.4 Å². The van der Waals surface area contributed by atoms with Crippen LogP contribution in [0.15, 0.2) is 18.2 Å². The van der Waals surface area contributed by atoms with Crippen LogP contribution in [-0.2, 0) is 0 Å². The van der Waals surface area contributed by atoms with Crippen molar-refractivity contribution >= 4 is 23.0 Å². The van der Waals surface area contributed by atoms with Crippen LogP contribution in [0.2, 0.25) is 5.02 Å². The van der Waals surface area contributed by atoms with Gasteiger partial charge in [0.05, 0.1) is 16.4 Å². The lowest BCUT2D eigenvalue weighted by molar-refractivity contribution is 0.459. The van der Waals surface area contributed by atoms with Gasteiger partial charge in [-0.25, -0.2) is 0 Å². The number of hydrogen-bond donors (Lipinski definition) is 1. The van der Waals surface area contributed by atoms with E-state index in [1.165, 1.54) is 25.7 Å². The number of anilines is 2. The topological polar surface area (TPSA) is 29.3 Å². The van der Waals surface area contributed by atoms with Crippen molar-refractivity contribution in [3.63, 3.8) is 0 Å². The maximum atomic E-state index is 6.08. The van der Waals surface area contributed by atoms with Gasteiger partial charge in [0.2, 0.25) is 0 Å². The van der Waals surface area contributed by atoms with Crippen molar-refractivity contribution in [2.75, 3.05) is 23.7 Å². The number of benzene rings is 1. The van der Waals surface area contributed by atoms with Crippen LogP contribution >= 0.6 is 11.6 Å². The molecule has 0 aliphatic carbocycles. The van der Waals surface area contributed by atoms with Crippen molar-refractivity contribution in [1.82, 2.24) is 0 Å². The van der Waals surface area contributed by atoms with Gasteiger partial charge in [0.25, 0.3) is 0 Å². The van der Waals surface area contributed by atoms with Gasteiger partial charge in [-0.1, -0.05) is 31.0 Å². The summed E-state index contributed by atoms with van der Waals surface area (Å²) in [5, 5.41) is 0.666. The van der Waals surface area contributed by atoms with Crippen molar-refractivity contribution in [2.45, 2.75) is 32.6 Å². The Labute approximate surface area is 109 Å². The molecule has 1 heterocycles. The van der Waals surface area contributed by atoms with Crippen molar-refractivity contribution in [3.05, 3.63) is 23.2 Å². The molecule has 1 unspecified atom stereocenters. The summed E-state index contributed by atoms with van der Waals surface area (Å²) in [5.74, 6) is 0.875. The molecular weight excluding hydrogens is 232 g/mol. The van der Waals surface area contributed by atoms with Gasteiger partial charge in [0.15, 0.2) is 0 Å². The van der Waals surface area contributed by atoms with Gasteiger partial charge in [-0.15, -0.1) is 0 Å². The van der Waals surface area contributed by atoms with Crippen LogP contribution in [0.25, 0.3) is 0 Å². The third-order valence-corrected chi connectivity index (χ3v) is 4.13. The number of rotatable bonds is 2. The van der Waals surface area contributed by atoms with Crippen LogP contribution in [0, 0.1) is 5.92 Å². The Morgan fingerprint density at radius 2 is 2.18 bits per heavy atom. The summed E-state index contributed by atoms with van der Waals surface area (Å²) in [6.45, 7) is 4.48. The normalized spacial score (nSPS) is 21.3. The van der Waals surface area contributed by atoms with E-state index in [1.54, 1.807) is 0 Å². The minimum Gasteiger partial charge on any atom is -0.396 e. The molecular formula is C14H21ClN2. The fraction of sp³-hybridized carbons (Fsp3) is 0.571. The van der Waals surface area contributed by atoms with Crippen molar-refractivity contribution in [2.24, 2.45) is 5.92 Å². The molecule has 2 rings (SSSR count). The maximum absolute atomic E-state index is 6.08. The average molecular weight is 253 g/mol. The molecule has 0 amide bonds. The van der Waals surface area contributed by atoms with Crippen LogP contribution in [-0.4, -0.2) is 13.1 Å². The Hall–Kier alpha value is -0.890. The number of nitrogen functional groups attached to an aromatic ring is 1. The summed E-state index contributed by atoms with van der Waals surface area (Å²) in [7, 11) is 0. The van der Waals surface area contributed by atoms with E-state index in [1.807, 2.05) is 12.1 Å². The summed E-state index contributed by atoms with van der Waals surface area (Å²) >= 11 is 6.08. The first-order chi connectivity index (χ1) is 8.22. The first kappa shape index (κ1) is 12.6. The second kappa shape index (κ2) is 5.63. The number of halogens is 1. The largest absolute Gasteiger partial charge is 0.396 e. The summed E-state index contributed by atoms with van der Waals surface area (Å²) in [6.07, 6.45) is 5.15. The van der Waals surface area contributed by atoms with Crippen LogP contribution < -0.4 is 10.6 Å². The third kappa shape index (κ3) is 2.86. The molecule has 1 aliphatic rings. The molecule has 0 aromatic heterocycles. The molecule has 1 aromatic carbocycles. The fourth-order valence-corrected chi connectivity index (χ4v) is 2.79. The summed E-state index contributed by atoms with van der Waals surface area (Å²) in [6, 6.07) is 5.91. The van der Waals surface area contributed by atoms with E-state index in [-0.39, 0.29) is 0 Å². The van der Waals surface area contributed by atoms with Crippen molar-refractivity contribution < 1.29 is 0 Å². The molecule has 3 heteroatoms. The number of nitrogens with zero attached hydrogens (tertiary/aromatic N) is 1. The third-order valence-electron chi connectivity index (χ3n) is 3.80. The van der Waals surface area contributed by atoms with Gasteiger partial charge in [0, 0.05) is 13.1 Å². The van der Waals surface area contributed by atoms with E-state index in [0.29, 0.717) is 5.02 Å². The lowest BCUT2D eigenvalue weighted by atomic mass is 9.98. The Balaban J connectivity index is 2.14. The fourth-order valence-electron chi connectivity index (χ4n) is 2.62. The molecule has 17 heavy (non-hydrogen) atoms. The first-order valence-corrected chi connectivity index (χ1v) is 6.89. The summed E-state index contributed by atoms with van der Waals surface area (Å²) in [4.78, 5) is 2.39. The standard InChI is InChI=1S/C14H21ClN2/c1-2-11-5-4-9-17(10-8-11)13-7-3-6-12(15)14(13)16/h3,6-7,11H,2,4-5,8-10,16H2,1H3. The Morgan fingerprint density at radius 3 is 2.94 bits per heavy atom. The Kier molecular flexibility index (Phi) is 4.16. The second-order valence-electron chi connectivity index (χ2n) is 4.86. The lowest BCUT2D eigenvalue weighted by Crippen LogP contribution is -2.25. The molecule has 1 aliphatic heterocycles. The van der Waals surface area contributed by atoms with Gasteiger partial charge >= 0.3 is 0 Å². The molecule has 2 nitrogen and oxygen atoms in total. The number of hydrogen-bond acceptors (Lipinski definition) is 2. The number of para-hydroxylation sites is 1. The van der Waals surface area contributed by atoms with Crippen LogP contribution in [0.5, 0.6) is 0 Å². The smallest absolute Gasteiger partial charge is 0.0741 e. The average Bonchev–Trinajstić information content (AvgIpc) is 2.58. The highest BCUT2D eigenvalue weighted by molar-refractivity contribution is 6.33. The summed E-state index contributed by atoms with van der Waals surface area (Å²) in [5.41, 5.74) is 7.89. The molecule has 1 atom stereocenters. The predicted molar refractivity (Wildman–Crippen MR) is 75.7 cm³/mol. The molecule has 94 valence electrons. The minimum absolute atomic E-state index is 0.666. The number of nitrogens with two attached hydrogens (primary N) is 1. The zero-order valence-electron chi connectivity index (χ0n) is 10.5. The molecule has 0 saturated carbocycles. The lowest BCUT2D eigenvalue weighted by Gasteiger charge is -2.24. The highest BCUT2D eigenvalue weighted by atomic mass is 35.5. The maximum Gasteiger partial charge on any atom is 0.0741 e. The highest BCUT2D eigenvalue weighted by Crippen LogP contribution is 2.32. The van der Waals surface area contributed by atoms with E-state index < -0.39 is 0 Å². The SMILES string of the molecule is CCC1CCCN(c2cccc(Cl)c2N)CC1. The van der Waals surface area contributed by atoms with E-state index in [2.05, 4.69) is 17.9 Å². The Bertz CT molecular complexity index is 378. The van der Waals surface area contributed by atoms with Crippen LogP contribution in [0.1, 0.15) is 32.6 Å². The summed E-state index contributed by atoms with van der Waals surface area (Å²) < 4.78 is 0. The van der Waals surface area contributed by atoms with Gasteiger partial charge in [-0.3, -0.25) is 0 Å². The quantitative estimate of drug-likeness (QED) is 0.808. The molecule has 0 radical (unpaired) electrons. The van der Waals surface area contributed by atoms with Gasteiger partial charge in [-0.05, 0) is 37.3 Å². The Morgan fingerprint density at radius 1 is 1.35 bits per heavy atom.